The number of ether oxygens (including phenoxy) is 2. The van der Waals surface area contributed by atoms with Gasteiger partial charge in [0.1, 0.15) is 6.10 Å². The van der Waals surface area contributed by atoms with Crippen LogP contribution in [-0.4, -0.2) is 60.1 Å². The maximum Gasteiger partial charge on any atom is 0.364 e. The van der Waals surface area contributed by atoms with Gasteiger partial charge < -0.3 is 30.9 Å². The van der Waals surface area contributed by atoms with Gasteiger partial charge in [-0.3, -0.25) is 9.59 Å². The van der Waals surface area contributed by atoms with E-state index in [1.54, 1.807) is 32.3 Å². The molecule has 3 rings (SSSR count). The maximum atomic E-state index is 12.8. The van der Waals surface area contributed by atoms with E-state index in [9.17, 15) is 19.5 Å². The molecule has 0 aliphatic carbocycles. The first-order chi connectivity index (χ1) is 19.6. The summed E-state index contributed by atoms with van der Waals surface area (Å²) in [6, 6.07) is 3.20. The zero-order valence-corrected chi connectivity index (χ0v) is 25.0. The Bertz CT molecular complexity index is 1220. The molecule has 2 bridgehead atoms. The number of hydrogen-bond donors (Lipinski definition) is 4. The third-order valence-corrected chi connectivity index (χ3v) is 8.20. The van der Waals surface area contributed by atoms with Crippen molar-refractivity contribution in [2.45, 2.75) is 75.7 Å². The van der Waals surface area contributed by atoms with Crippen LogP contribution in [0.5, 0.6) is 0 Å². The van der Waals surface area contributed by atoms with Crippen molar-refractivity contribution in [3.05, 3.63) is 65.8 Å². The number of methoxy groups -OCH3 is 1. The molecule has 2 amide bonds. The number of carbonyl (C=O) groups is 3. The topological polar surface area (TPSA) is 142 Å². The molecule has 222 valence electrons. The number of aliphatic hydroxyl groups is 1. The predicted molar refractivity (Wildman–Crippen MR) is 161 cm³/mol. The molecule has 0 saturated carbocycles. The molecule has 0 fully saturated rings. The average Bonchev–Trinajstić information content (AvgIpc) is 2.93. The highest BCUT2D eigenvalue weighted by Crippen LogP contribution is 2.38. The van der Waals surface area contributed by atoms with Crippen LogP contribution in [0, 0.1) is 5.92 Å². The molecule has 0 saturated heterocycles. The molecule has 41 heavy (non-hydrogen) atoms. The van der Waals surface area contributed by atoms with Crippen molar-refractivity contribution in [1.29, 1.82) is 0 Å². The molecule has 0 unspecified atom stereocenters. The van der Waals surface area contributed by atoms with E-state index >= 15 is 0 Å². The molecule has 10 heteroatoms. The monoisotopic (exact) mass is 584 g/mol. The van der Waals surface area contributed by atoms with Gasteiger partial charge in [-0.25, -0.2) is 4.79 Å². The van der Waals surface area contributed by atoms with Crippen molar-refractivity contribution in [2.24, 2.45) is 5.92 Å². The van der Waals surface area contributed by atoms with E-state index in [4.69, 9.17) is 9.47 Å². The summed E-state index contributed by atoms with van der Waals surface area (Å²) in [4.78, 5) is 38.3. The van der Waals surface area contributed by atoms with E-state index in [1.807, 2.05) is 50.3 Å². The fourth-order valence-electron chi connectivity index (χ4n) is 4.60. The lowest BCUT2D eigenvalue weighted by atomic mass is 9.90. The number of thioether (sulfide) groups is 1. The van der Waals surface area contributed by atoms with E-state index in [0.717, 1.165) is 16.0 Å². The molecule has 6 N–H and O–H groups in total. The molecule has 0 radical (unpaired) electrons. The largest absolute Gasteiger partial charge is 0.457 e. The smallest absolute Gasteiger partial charge is 0.364 e. The van der Waals surface area contributed by atoms with Crippen LogP contribution in [0.1, 0.15) is 45.6 Å². The van der Waals surface area contributed by atoms with Crippen LogP contribution in [-0.2, 0) is 30.3 Å². The van der Waals surface area contributed by atoms with Crippen LogP contribution in [0.4, 0.5) is 11.4 Å². The summed E-state index contributed by atoms with van der Waals surface area (Å²) in [6.07, 6.45) is 13.1. The normalized spacial score (nSPS) is 28.8. The molecule has 1 aromatic carbocycles. The van der Waals surface area contributed by atoms with Gasteiger partial charge in [-0.05, 0) is 50.0 Å². The average molecular weight is 585 g/mol. The number of aliphatic hydroxyl groups excluding tert-OH is 1. The van der Waals surface area contributed by atoms with E-state index in [0.29, 0.717) is 36.4 Å². The first-order valence-electron chi connectivity index (χ1n) is 13.9. The molecule has 0 spiro atoms. The summed E-state index contributed by atoms with van der Waals surface area (Å²) < 4.78 is 11.2. The highest BCUT2D eigenvalue weighted by atomic mass is 32.2. The summed E-state index contributed by atoms with van der Waals surface area (Å²) in [6.45, 7) is 5.43. The Labute approximate surface area is 246 Å². The number of amides is 2. The summed E-state index contributed by atoms with van der Waals surface area (Å²) in [5.41, 5.74) is 6.82. The molecule has 5 atom stereocenters. The minimum absolute atomic E-state index is 0.0854. The van der Waals surface area contributed by atoms with Crippen molar-refractivity contribution < 1.29 is 34.7 Å². The Morgan fingerprint density at radius 3 is 2.63 bits per heavy atom. The lowest BCUT2D eigenvalue weighted by molar-refractivity contribution is -0.403. The quantitative estimate of drug-likeness (QED) is 0.314. The van der Waals surface area contributed by atoms with Crippen LogP contribution < -0.4 is 16.4 Å². The Morgan fingerprint density at radius 2 is 1.90 bits per heavy atom. The van der Waals surface area contributed by atoms with E-state index < -0.39 is 30.3 Å². The number of rotatable bonds is 3. The molecule has 9 nitrogen and oxygen atoms in total. The fourth-order valence-corrected chi connectivity index (χ4v) is 5.56. The third kappa shape index (κ3) is 9.71. The van der Waals surface area contributed by atoms with Gasteiger partial charge in [0, 0.05) is 30.0 Å². The fraction of sp³-hybridized carbons (Fsp3) is 0.452. The minimum atomic E-state index is -0.812. The van der Waals surface area contributed by atoms with Gasteiger partial charge in [0.2, 0.25) is 11.8 Å². The van der Waals surface area contributed by atoms with Gasteiger partial charge in [-0.1, -0.05) is 49.5 Å². The number of allylic oxidation sites excluding steroid dienone is 5. The van der Waals surface area contributed by atoms with Gasteiger partial charge in [0.25, 0.3) is 0 Å². The molecular formula is C31H42N3O6S+. The molecule has 2 aliphatic rings. The predicted octanol–water partition coefficient (Wildman–Crippen LogP) is 3.56. The van der Waals surface area contributed by atoms with E-state index in [1.165, 1.54) is 11.8 Å². The van der Waals surface area contributed by atoms with Crippen molar-refractivity contribution in [3.63, 3.8) is 0 Å². The maximum absolute atomic E-state index is 12.8. The lowest BCUT2D eigenvalue weighted by Crippen LogP contribution is -2.64. The van der Waals surface area contributed by atoms with Crippen LogP contribution in [0.3, 0.4) is 0 Å². The number of quaternary nitrogens is 1. The summed E-state index contributed by atoms with van der Waals surface area (Å²) >= 11 is 1.48. The van der Waals surface area contributed by atoms with Crippen molar-refractivity contribution >= 4 is 40.9 Å². The van der Waals surface area contributed by atoms with Crippen molar-refractivity contribution in [2.75, 3.05) is 23.5 Å². The first kappa shape index (κ1) is 32.3. The molecule has 0 aromatic heterocycles. The Morgan fingerprint density at radius 1 is 1.15 bits per heavy atom. The second kappa shape index (κ2) is 15.7. The number of benzene rings is 1. The van der Waals surface area contributed by atoms with Crippen LogP contribution >= 0.6 is 11.8 Å². The van der Waals surface area contributed by atoms with E-state index in [2.05, 4.69) is 16.4 Å². The van der Waals surface area contributed by atoms with Gasteiger partial charge in [0.15, 0.2) is 6.04 Å². The number of fused-ring (bicyclic) bond motifs is 4. The van der Waals surface area contributed by atoms with Crippen molar-refractivity contribution in [3.8, 4) is 0 Å². The minimum Gasteiger partial charge on any atom is -0.457 e. The number of esters is 1. The Hall–Kier alpha value is -3.18. The molecule has 2 aliphatic heterocycles. The van der Waals surface area contributed by atoms with Gasteiger partial charge in [-0.2, -0.15) is 0 Å². The Kier molecular flexibility index (Phi) is 12.4. The van der Waals surface area contributed by atoms with Crippen molar-refractivity contribution in [1.82, 2.24) is 0 Å². The summed E-state index contributed by atoms with van der Waals surface area (Å²) in [5, 5.41) is 17.0. The highest BCUT2D eigenvalue weighted by Gasteiger charge is 2.29. The third-order valence-electron chi connectivity index (χ3n) is 7.03. The lowest BCUT2D eigenvalue weighted by Gasteiger charge is -2.28. The number of nitrogens with one attached hydrogen (secondary N) is 2. The molecule has 2 heterocycles. The zero-order chi connectivity index (χ0) is 29.9. The second-order valence-corrected chi connectivity index (χ2v) is 11.5. The first-order valence-corrected chi connectivity index (χ1v) is 14.9. The highest BCUT2D eigenvalue weighted by molar-refractivity contribution is 8.00. The summed E-state index contributed by atoms with van der Waals surface area (Å²) in [7, 11) is 1.55. The standard InChI is InChI=1S/C31H41N3O6S/c1-19-11-10-12-22-15-23(16-25-30(22)41-18-28(36)34-25)33-27(35)17-24(39-4)13-8-6-5-7-9-14-26(20(2)29(19)37)40-31(38)21(3)32/h5-9,11,13,15-16,20-21,24,26,29,37H,10,12,14,17-18,32H2,1-4H3,(H,33,35)(H,34,36)/p+1/b6-5+,9-7+,13-8+,19-11-/t20-,21+,24-,26-,29-/m0/s1. The SMILES string of the molecule is CO[C@H]1/C=C/C=C/C=C/C[C@H](OC(=O)[C@@H](C)[NH3+])[C@H](C)[C@@H](O)/C(C)=C\CCc2cc(cc3c2SCC(=O)N3)NC(=O)C1. The number of anilines is 2. The number of aryl methyl sites for hydroxylation is 1. The Balaban J connectivity index is 1.93. The zero-order valence-electron chi connectivity index (χ0n) is 24.2. The van der Waals surface area contributed by atoms with E-state index in [-0.39, 0.29) is 24.2 Å². The van der Waals surface area contributed by atoms with Crippen LogP contribution in [0.15, 0.2) is 65.1 Å². The molecule has 1 aromatic rings. The van der Waals surface area contributed by atoms with Gasteiger partial charge >= 0.3 is 5.97 Å². The number of hydrogen-bond acceptors (Lipinski definition) is 7. The molecular weight excluding hydrogens is 542 g/mol. The van der Waals surface area contributed by atoms with Gasteiger partial charge in [0.05, 0.1) is 30.1 Å². The van der Waals surface area contributed by atoms with Gasteiger partial charge in [-0.15, -0.1) is 11.8 Å². The van der Waals surface area contributed by atoms with Crippen LogP contribution in [0.25, 0.3) is 0 Å². The van der Waals surface area contributed by atoms with Crippen LogP contribution in [0.2, 0.25) is 0 Å². The second-order valence-electron chi connectivity index (χ2n) is 10.5. The summed E-state index contributed by atoms with van der Waals surface area (Å²) in [5.74, 6) is -0.722. The number of carbonyl (C=O) groups excluding carboxylic acids is 3.